The van der Waals surface area contributed by atoms with Crippen LogP contribution < -0.4 is 5.32 Å². The highest BCUT2D eigenvalue weighted by molar-refractivity contribution is 5.80. The second-order valence-corrected chi connectivity index (χ2v) is 4.10. The summed E-state index contributed by atoms with van der Waals surface area (Å²) in [6.07, 6.45) is 2.34. The molecule has 1 fully saturated rings. The second kappa shape index (κ2) is 5.47. The van der Waals surface area contributed by atoms with E-state index in [4.69, 9.17) is 0 Å². The number of ketones is 1. The van der Waals surface area contributed by atoms with Gasteiger partial charge in [-0.1, -0.05) is 6.92 Å². The Bertz CT molecular complexity index is 188. The molecule has 0 aromatic carbocycles. The van der Waals surface area contributed by atoms with E-state index in [0.717, 1.165) is 19.6 Å². The molecule has 0 bridgehead atoms. The van der Waals surface area contributed by atoms with Crippen molar-refractivity contribution in [2.75, 3.05) is 19.6 Å². The summed E-state index contributed by atoms with van der Waals surface area (Å²) in [7, 11) is 0. The summed E-state index contributed by atoms with van der Waals surface area (Å²) >= 11 is 0. The van der Waals surface area contributed by atoms with E-state index in [2.05, 4.69) is 17.1 Å². The molecule has 0 aromatic rings. The van der Waals surface area contributed by atoms with Crippen LogP contribution in [0.2, 0.25) is 0 Å². The third-order valence-electron chi connectivity index (χ3n) is 3.23. The average Bonchev–Trinajstić information content (AvgIpc) is 2.20. The van der Waals surface area contributed by atoms with Crippen molar-refractivity contribution in [3.05, 3.63) is 0 Å². The van der Waals surface area contributed by atoms with Gasteiger partial charge in [0.15, 0.2) is 0 Å². The molecular weight excluding hydrogens is 176 g/mol. The van der Waals surface area contributed by atoms with Crippen molar-refractivity contribution in [3.63, 3.8) is 0 Å². The molecule has 0 aromatic heterocycles. The number of nitrogens with zero attached hydrogens (tertiary/aromatic N) is 1. The van der Waals surface area contributed by atoms with Gasteiger partial charge in [0.05, 0.1) is 6.04 Å². The Kier molecular flexibility index (Phi) is 4.55. The maximum Gasteiger partial charge on any atom is 0.146 e. The Morgan fingerprint density at radius 2 is 2.07 bits per heavy atom. The van der Waals surface area contributed by atoms with Gasteiger partial charge >= 0.3 is 0 Å². The molecule has 1 N–H and O–H groups in total. The van der Waals surface area contributed by atoms with Crippen molar-refractivity contribution in [2.24, 2.45) is 0 Å². The maximum absolute atomic E-state index is 11.3. The molecule has 1 aliphatic heterocycles. The van der Waals surface area contributed by atoms with Crippen LogP contribution in [0.15, 0.2) is 0 Å². The van der Waals surface area contributed by atoms with E-state index in [9.17, 15) is 4.79 Å². The molecule has 0 radical (unpaired) electrons. The molecule has 0 saturated carbocycles. The zero-order chi connectivity index (χ0) is 10.6. The Morgan fingerprint density at radius 3 is 2.50 bits per heavy atom. The fourth-order valence-corrected chi connectivity index (χ4v) is 2.22. The van der Waals surface area contributed by atoms with Crippen molar-refractivity contribution >= 4 is 5.78 Å². The molecule has 82 valence electrons. The molecule has 0 amide bonds. The van der Waals surface area contributed by atoms with Crippen LogP contribution in [0.3, 0.4) is 0 Å². The van der Waals surface area contributed by atoms with E-state index in [-0.39, 0.29) is 11.8 Å². The van der Waals surface area contributed by atoms with E-state index in [1.54, 1.807) is 6.92 Å². The van der Waals surface area contributed by atoms with Crippen molar-refractivity contribution in [3.8, 4) is 0 Å². The number of likely N-dealkylation sites (N-methyl/N-ethyl adjacent to an activating group) is 1. The molecule has 1 heterocycles. The van der Waals surface area contributed by atoms with Gasteiger partial charge in [-0.3, -0.25) is 9.69 Å². The number of hydrogen-bond acceptors (Lipinski definition) is 3. The lowest BCUT2D eigenvalue weighted by atomic mass is 10.0. The Morgan fingerprint density at radius 1 is 1.50 bits per heavy atom. The van der Waals surface area contributed by atoms with E-state index >= 15 is 0 Å². The quantitative estimate of drug-likeness (QED) is 0.732. The van der Waals surface area contributed by atoms with E-state index in [0.29, 0.717) is 6.04 Å². The largest absolute Gasteiger partial charge is 0.317 e. The van der Waals surface area contributed by atoms with E-state index < -0.39 is 0 Å². The number of nitrogens with one attached hydrogen (secondary N) is 1. The molecule has 1 saturated heterocycles. The maximum atomic E-state index is 11.3. The van der Waals surface area contributed by atoms with Crippen LogP contribution in [0.25, 0.3) is 0 Å². The number of Topliss-reactive ketones (excluding diaryl/α,β-unsaturated/α-hetero) is 1. The summed E-state index contributed by atoms with van der Waals surface area (Å²) in [5.74, 6) is 0.283. The first-order valence-corrected chi connectivity index (χ1v) is 5.63. The van der Waals surface area contributed by atoms with Gasteiger partial charge < -0.3 is 5.32 Å². The van der Waals surface area contributed by atoms with Gasteiger partial charge in [-0.15, -0.1) is 0 Å². The van der Waals surface area contributed by atoms with Gasteiger partial charge in [0.25, 0.3) is 0 Å². The summed E-state index contributed by atoms with van der Waals surface area (Å²) in [6, 6.07) is 0.684. The van der Waals surface area contributed by atoms with Crippen LogP contribution >= 0.6 is 0 Å². The van der Waals surface area contributed by atoms with E-state index in [1.165, 1.54) is 12.8 Å². The number of rotatable bonds is 4. The third kappa shape index (κ3) is 2.79. The van der Waals surface area contributed by atoms with Crippen LogP contribution in [0.4, 0.5) is 0 Å². The summed E-state index contributed by atoms with van der Waals surface area (Å²) in [4.78, 5) is 13.7. The zero-order valence-corrected chi connectivity index (χ0v) is 9.55. The number of piperidine rings is 1. The minimum absolute atomic E-state index is 0.0862. The molecular formula is C11H22N2O. The van der Waals surface area contributed by atoms with Gasteiger partial charge in [0.1, 0.15) is 5.78 Å². The number of hydrogen-bond donors (Lipinski definition) is 1. The smallest absolute Gasteiger partial charge is 0.146 e. The molecule has 0 spiro atoms. The second-order valence-electron chi connectivity index (χ2n) is 4.10. The minimum atomic E-state index is 0.0862. The monoisotopic (exact) mass is 198 g/mol. The molecule has 1 unspecified atom stereocenters. The summed E-state index contributed by atoms with van der Waals surface area (Å²) in [5, 5.41) is 3.35. The highest BCUT2D eigenvalue weighted by Crippen LogP contribution is 2.15. The Labute approximate surface area is 86.9 Å². The lowest BCUT2D eigenvalue weighted by molar-refractivity contribution is -0.122. The van der Waals surface area contributed by atoms with Crippen LogP contribution in [0, 0.1) is 0 Å². The van der Waals surface area contributed by atoms with Crippen molar-refractivity contribution in [2.45, 2.75) is 45.7 Å². The molecule has 1 atom stereocenters. The molecule has 3 heteroatoms. The lowest BCUT2D eigenvalue weighted by Gasteiger charge is -2.37. The van der Waals surface area contributed by atoms with Gasteiger partial charge in [-0.2, -0.15) is 0 Å². The normalized spacial score (nSPS) is 21.1. The fraction of sp³-hybridized carbons (Fsp3) is 0.909. The van der Waals surface area contributed by atoms with Gasteiger partial charge in [0, 0.05) is 6.04 Å². The molecule has 1 aliphatic rings. The van der Waals surface area contributed by atoms with Crippen LogP contribution in [0.1, 0.15) is 33.6 Å². The van der Waals surface area contributed by atoms with Gasteiger partial charge in [-0.05, 0) is 46.3 Å². The van der Waals surface area contributed by atoms with Crippen molar-refractivity contribution in [1.82, 2.24) is 10.2 Å². The predicted molar refractivity (Wildman–Crippen MR) is 58.4 cm³/mol. The molecule has 3 nitrogen and oxygen atoms in total. The first-order valence-electron chi connectivity index (χ1n) is 5.63. The summed E-state index contributed by atoms with van der Waals surface area (Å²) in [6.45, 7) is 9.01. The topological polar surface area (TPSA) is 32.3 Å². The highest BCUT2D eigenvalue weighted by Gasteiger charge is 2.25. The van der Waals surface area contributed by atoms with E-state index in [1.807, 2.05) is 6.92 Å². The highest BCUT2D eigenvalue weighted by atomic mass is 16.1. The van der Waals surface area contributed by atoms with Crippen molar-refractivity contribution < 1.29 is 4.79 Å². The predicted octanol–water partition coefficient (Wildman–Crippen LogP) is 1.04. The van der Waals surface area contributed by atoms with Crippen LogP contribution in [0.5, 0.6) is 0 Å². The number of carbonyl (C=O) groups is 1. The minimum Gasteiger partial charge on any atom is -0.317 e. The van der Waals surface area contributed by atoms with Gasteiger partial charge in [0.2, 0.25) is 0 Å². The molecule has 0 aliphatic carbocycles. The average molecular weight is 198 g/mol. The van der Waals surface area contributed by atoms with Crippen molar-refractivity contribution in [1.29, 1.82) is 0 Å². The van der Waals surface area contributed by atoms with Crippen LogP contribution in [-0.4, -0.2) is 42.4 Å². The molecule has 1 rings (SSSR count). The standard InChI is InChI=1S/C11H22N2O/c1-4-13(9(2)10(3)14)11-5-7-12-8-6-11/h9,11-12H,4-8H2,1-3H3. The molecule has 14 heavy (non-hydrogen) atoms. The summed E-state index contributed by atoms with van der Waals surface area (Å²) < 4.78 is 0. The SMILES string of the molecule is CCN(C1CCNCC1)C(C)C(C)=O. The first-order chi connectivity index (χ1) is 6.66. The van der Waals surface area contributed by atoms with Gasteiger partial charge in [-0.25, -0.2) is 0 Å². The van der Waals surface area contributed by atoms with Crippen LogP contribution in [-0.2, 0) is 4.79 Å². The third-order valence-corrected chi connectivity index (χ3v) is 3.23. The number of carbonyl (C=O) groups excluding carboxylic acids is 1. The zero-order valence-electron chi connectivity index (χ0n) is 9.55. The first kappa shape index (κ1) is 11.7. The Balaban J connectivity index is 2.55. The lowest BCUT2D eigenvalue weighted by Crippen LogP contribution is -2.49. The summed E-state index contributed by atoms with van der Waals surface area (Å²) in [5.41, 5.74) is 0. The fourth-order valence-electron chi connectivity index (χ4n) is 2.22. The Hall–Kier alpha value is -0.410.